The summed E-state index contributed by atoms with van der Waals surface area (Å²) in [7, 11) is 0. The van der Waals surface area contributed by atoms with E-state index < -0.39 is 0 Å². The van der Waals surface area contributed by atoms with Crippen molar-refractivity contribution in [2.24, 2.45) is 0 Å². The maximum absolute atomic E-state index is 11.8. The molecule has 1 N–H and O–H groups in total. The molecule has 1 aromatic rings. The molecule has 3 heteroatoms. The number of rotatable bonds is 6. The first kappa shape index (κ1) is 14.4. The van der Waals surface area contributed by atoms with Gasteiger partial charge in [-0.25, -0.2) is 0 Å². The van der Waals surface area contributed by atoms with Crippen LogP contribution in [0, 0.1) is 0 Å². The molecule has 1 amide bonds. The molecule has 19 heavy (non-hydrogen) atoms. The third-order valence-corrected chi connectivity index (χ3v) is 4.78. The first-order valence-corrected chi connectivity index (χ1v) is 8.25. The molecule has 2 rings (SSSR count). The number of hydrogen-bond acceptors (Lipinski definition) is 2. The number of thioether (sulfide) groups is 1. The van der Waals surface area contributed by atoms with E-state index >= 15 is 0 Å². The molecular formula is C16H23NOS. The minimum atomic E-state index is 0.152. The summed E-state index contributed by atoms with van der Waals surface area (Å²) in [6, 6.07) is 6.97. The highest BCUT2D eigenvalue weighted by Crippen LogP contribution is 2.27. The van der Waals surface area contributed by atoms with Gasteiger partial charge in [0.1, 0.15) is 0 Å². The lowest BCUT2D eigenvalue weighted by atomic mass is 10.1. The van der Waals surface area contributed by atoms with E-state index in [-0.39, 0.29) is 5.91 Å². The van der Waals surface area contributed by atoms with Crippen molar-refractivity contribution in [3.63, 3.8) is 0 Å². The Balaban J connectivity index is 1.83. The van der Waals surface area contributed by atoms with Gasteiger partial charge in [-0.05, 0) is 55.4 Å². The normalized spacial score (nSPS) is 13.6. The SMILES string of the molecule is CCC(CC)NC(=O)CSc1ccc2c(c1)CCC2. The van der Waals surface area contributed by atoms with Crippen LogP contribution in [-0.4, -0.2) is 17.7 Å². The highest BCUT2D eigenvalue weighted by Gasteiger charge is 2.12. The Bertz CT molecular complexity index is 440. The summed E-state index contributed by atoms with van der Waals surface area (Å²) in [5.41, 5.74) is 2.97. The fraction of sp³-hybridized carbons (Fsp3) is 0.562. The van der Waals surface area contributed by atoms with Crippen LogP contribution in [0.15, 0.2) is 23.1 Å². The van der Waals surface area contributed by atoms with Crippen molar-refractivity contribution in [2.75, 3.05) is 5.75 Å². The molecule has 1 aromatic carbocycles. The minimum Gasteiger partial charge on any atom is -0.353 e. The molecule has 0 aliphatic heterocycles. The molecule has 2 nitrogen and oxygen atoms in total. The van der Waals surface area contributed by atoms with E-state index in [1.807, 2.05) is 0 Å². The van der Waals surface area contributed by atoms with Crippen LogP contribution in [0.2, 0.25) is 0 Å². The van der Waals surface area contributed by atoms with Gasteiger partial charge in [0.05, 0.1) is 5.75 Å². The fourth-order valence-corrected chi connectivity index (χ4v) is 3.32. The maximum atomic E-state index is 11.8. The molecule has 1 aliphatic carbocycles. The number of hydrogen-bond donors (Lipinski definition) is 1. The lowest BCUT2D eigenvalue weighted by molar-refractivity contribution is -0.119. The van der Waals surface area contributed by atoms with E-state index in [2.05, 4.69) is 37.4 Å². The zero-order valence-electron chi connectivity index (χ0n) is 11.9. The predicted octanol–water partition coefficient (Wildman–Crippen LogP) is 3.57. The second kappa shape index (κ2) is 6.99. The largest absolute Gasteiger partial charge is 0.353 e. The number of carbonyl (C=O) groups excluding carboxylic acids is 1. The fourth-order valence-electron chi connectivity index (χ4n) is 2.55. The molecule has 104 valence electrons. The van der Waals surface area contributed by atoms with Crippen molar-refractivity contribution in [3.8, 4) is 0 Å². The Morgan fingerprint density at radius 2 is 2.00 bits per heavy atom. The van der Waals surface area contributed by atoms with Crippen molar-refractivity contribution in [1.29, 1.82) is 0 Å². The average Bonchev–Trinajstić information content (AvgIpc) is 2.89. The van der Waals surface area contributed by atoms with Gasteiger partial charge in [0.2, 0.25) is 5.91 Å². The monoisotopic (exact) mass is 277 g/mol. The Kier molecular flexibility index (Phi) is 5.32. The topological polar surface area (TPSA) is 29.1 Å². The van der Waals surface area contributed by atoms with Crippen LogP contribution in [0.4, 0.5) is 0 Å². The molecule has 0 unspecified atom stereocenters. The molecule has 0 saturated carbocycles. The number of nitrogens with one attached hydrogen (secondary N) is 1. The second-order valence-electron chi connectivity index (χ2n) is 5.15. The van der Waals surface area contributed by atoms with Crippen molar-refractivity contribution in [2.45, 2.75) is 56.9 Å². The number of carbonyl (C=O) groups is 1. The maximum Gasteiger partial charge on any atom is 0.230 e. The van der Waals surface area contributed by atoms with Crippen LogP contribution in [-0.2, 0) is 17.6 Å². The molecule has 0 atom stereocenters. The summed E-state index contributed by atoms with van der Waals surface area (Å²) in [6.45, 7) is 4.23. The van der Waals surface area contributed by atoms with Crippen molar-refractivity contribution in [3.05, 3.63) is 29.3 Å². The van der Waals surface area contributed by atoms with Gasteiger partial charge >= 0.3 is 0 Å². The quantitative estimate of drug-likeness (QED) is 0.805. The Morgan fingerprint density at radius 1 is 1.26 bits per heavy atom. The number of aryl methyl sites for hydroxylation is 2. The number of fused-ring (bicyclic) bond motifs is 1. The molecule has 0 fully saturated rings. The summed E-state index contributed by atoms with van der Waals surface area (Å²) < 4.78 is 0. The zero-order valence-corrected chi connectivity index (χ0v) is 12.7. The van der Waals surface area contributed by atoms with Crippen LogP contribution in [0.25, 0.3) is 0 Å². The Labute approximate surface area is 120 Å². The van der Waals surface area contributed by atoms with Gasteiger partial charge in [-0.3, -0.25) is 4.79 Å². The molecule has 0 aromatic heterocycles. The van der Waals surface area contributed by atoms with E-state index in [1.54, 1.807) is 11.8 Å². The molecular weight excluding hydrogens is 254 g/mol. The van der Waals surface area contributed by atoms with E-state index in [1.165, 1.54) is 35.3 Å². The third-order valence-electron chi connectivity index (χ3n) is 3.79. The van der Waals surface area contributed by atoms with E-state index in [9.17, 15) is 4.79 Å². The summed E-state index contributed by atoms with van der Waals surface area (Å²) in [5, 5.41) is 3.08. The molecule has 0 radical (unpaired) electrons. The standard InChI is InChI=1S/C16H23NOS/c1-3-14(4-2)17-16(18)11-19-15-9-8-12-6-5-7-13(12)10-15/h8-10,14H,3-7,11H2,1-2H3,(H,17,18). The van der Waals surface area contributed by atoms with E-state index in [0.717, 1.165) is 12.8 Å². The molecule has 1 aliphatic rings. The number of amides is 1. The van der Waals surface area contributed by atoms with E-state index in [4.69, 9.17) is 0 Å². The lowest BCUT2D eigenvalue weighted by Crippen LogP contribution is -2.34. The summed E-state index contributed by atoms with van der Waals surface area (Å²) in [5.74, 6) is 0.675. The summed E-state index contributed by atoms with van der Waals surface area (Å²) in [6.07, 6.45) is 5.70. The minimum absolute atomic E-state index is 0.152. The van der Waals surface area contributed by atoms with Crippen LogP contribution in [0.5, 0.6) is 0 Å². The zero-order chi connectivity index (χ0) is 13.7. The first-order valence-electron chi connectivity index (χ1n) is 7.27. The Hall–Kier alpha value is -0.960. The van der Waals surface area contributed by atoms with Crippen LogP contribution >= 0.6 is 11.8 Å². The molecule has 0 saturated heterocycles. The average molecular weight is 277 g/mol. The smallest absolute Gasteiger partial charge is 0.230 e. The van der Waals surface area contributed by atoms with Gasteiger partial charge in [-0.15, -0.1) is 11.8 Å². The van der Waals surface area contributed by atoms with E-state index in [0.29, 0.717) is 11.8 Å². The van der Waals surface area contributed by atoms with Crippen molar-refractivity contribution in [1.82, 2.24) is 5.32 Å². The van der Waals surface area contributed by atoms with Gasteiger partial charge in [0.25, 0.3) is 0 Å². The van der Waals surface area contributed by atoms with Gasteiger partial charge in [-0.2, -0.15) is 0 Å². The lowest BCUT2D eigenvalue weighted by Gasteiger charge is -2.14. The Morgan fingerprint density at radius 3 is 2.74 bits per heavy atom. The van der Waals surface area contributed by atoms with Crippen LogP contribution in [0.3, 0.4) is 0 Å². The van der Waals surface area contributed by atoms with Crippen molar-refractivity contribution < 1.29 is 4.79 Å². The molecule has 0 spiro atoms. The highest BCUT2D eigenvalue weighted by atomic mass is 32.2. The van der Waals surface area contributed by atoms with Crippen LogP contribution in [0.1, 0.15) is 44.2 Å². The first-order chi connectivity index (χ1) is 9.22. The number of benzene rings is 1. The second-order valence-corrected chi connectivity index (χ2v) is 6.20. The van der Waals surface area contributed by atoms with Gasteiger partial charge in [0, 0.05) is 10.9 Å². The molecule has 0 bridgehead atoms. The predicted molar refractivity (Wildman–Crippen MR) is 81.7 cm³/mol. The third kappa shape index (κ3) is 4.00. The van der Waals surface area contributed by atoms with Gasteiger partial charge in [-0.1, -0.05) is 19.9 Å². The summed E-state index contributed by atoms with van der Waals surface area (Å²) in [4.78, 5) is 13.1. The van der Waals surface area contributed by atoms with Gasteiger partial charge in [0.15, 0.2) is 0 Å². The van der Waals surface area contributed by atoms with Crippen molar-refractivity contribution >= 4 is 17.7 Å². The molecule has 0 heterocycles. The van der Waals surface area contributed by atoms with Gasteiger partial charge < -0.3 is 5.32 Å². The highest BCUT2D eigenvalue weighted by molar-refractivity contribution is 8.00. The summed E-state index contributed by atoms with van der Waals surface area (Å²) >= 11 is 1.65. The van der Waals surface area contributed by atoms with Crippen LogP contribution < -0.4 is 5.32 Å².